The second kappa shape index (κ2) is 9.35. The van der Waals surface area contributed by atoms with Gasteiger partial charge < -0.3 is 11.1 Å². The summed E-state index contributed by atoms with van der Waals surface area (Å²) in [6.07, 6.45) is 0. The minimum atomic E-state index is -0.950. The van der Waals surface area contributed by atoms with Gasteiger partial charge >= 0.3 is 0 Å². The van der Waals surface area contributed by atoms with E-state index >= 15 is 0 Å². The van der Waals surface area contributed by atoms with Crippen molar-refractivity contribution in [2.45, 2.75) is 4.90 Å². The molecule has 0 heterocycles. The van der Waals surface area contributed by atoms with E-state index in [9.17, 15) is 28.5 Å². The van der Waals surface area contributed by atoms with Crippen molar-refractivity contribution in [1.82, 2.24) is 0 Å². The molecule has 2 amide bonds. The van der Waals surface area contributed by atoms with Crippen LogP contribution in [0.3, 0.4) is 0 Å². The largest absolute Gasteiger partial charge is 0.366 e. The van der Waals surface area contributed by atoms with Crippen molar-refractivity contribution in [3.63, 3.8) is 0 Å². The van der Waals surface area contributed by atoms with Crippen molar-refractivity contribution < 1.29 is 23.3 Å². The van der Waals surface area contributed by atoms with Crippen LogP contribution in [-0.2, 0) is 4.79 Å². The first-order valence-corrected chi connectivity index (χ1v) is 9.80. The number of nitrogens with one attached hydrogen (secondary N) is 1. The van der Waals surface area contributed by atoms with E-state index in [1.807, 2.05) is 0 Å². The number of anilines is 1. The van der Waals surface area contributed by atoms with Crippen LogP contribution in [-0.4, -0.2) is 22.5 Å². The van der Waals surface area contributed by atoms with Gasteiger partial charge in [0.2, 0.25) is 11.8 Å². The monoisotopic (exact) mass is 443 g/mol. The number of nitro benzene ring substituents is 1. The number of thioether (sulfide) groups is 1. The molecule has 0 fully saturated rings. The van der Waals surface area contributed by atoms with Crippen LogP contribution >= 0.6 is 11.8 Å². The Morgan fingerprint density at radius 2 is 1.77 bits per heavy atom. The molecule has 0 bridgehead atoms. The van der Waals surface area contributed by atoms with E-state index in [0.29, 0.717) is 11.6 Å². The molecule has 3 N–H and O–H groups in total. The molecule has 0 saturated heterocycles. The zero-order chi connectivity index (χ0) is 22.5. The van der Waals surface area contributed by atoms with Gasteiger partial charge in [-0.25, -0.2) is 8.78 Å². The van der Waals surface area contributed by atoms with Gasteiger partial charge in [0.1, 0.15) is 11.6 Å². The van der Waals surface area contributed by atoms with Crippen molar-refractivity contribution in [1.29, 1.82) is 0 Å². The number of nitro groups is 1. The third-order valence-electron chi connectivity index (χ3n) is 4.20. The third kappa shape index (κ3) is 5.23. The number of nitrogens with zero attached hydrogens (tertiary/aromatic N) is 1. The van der Waals surface area contributed by atoms with Gasteiger partial charge in [0.15, 0.2) is 0 Å². The number of rotatable bonds is 7. The van der Waals surface area contributed by atoms with E-state index in [-0.39, 0.29) is 33.2 Å². The number of nitrogens with two attached hydrogens (primary N) is 1. The van der Waals surface area contributed by atoms with Gasteiger partial charge in [0.05, 0.1) is 21.3 Å². The van der Waals surface area contributed by atoms with Crippen LogP contribution in [0.2, 0.25) is 0 Å². The van der Waals surface area contributed by atoms with Crippen molar-refractivity contribution in [3.05, 3.63) is 88.0 Å². The molecule has 0 spiro atoms. The van der Waals surface area contributed by atoms with Crippen LogP contribution in [0, 0.1) is 21.7 Å². The second-order valence-electron chi connectivity index (χ2n) is 6.32. The van der Waals surface area contributed by atoms with Gasteiger partial charge in [-0.15, -0.1) is 11.8 Å². The molecule has 0 aliphatic rings. The molecule has 0 aromatic heterocycles. The van der Waals surface area contributed by atoms with Gasteiger partial charge in [-0.05, 0) is 23.8 Å². The van der Waals surface area contributed by atoms with Crippen LogP contribution < -0.4 is 11.1 Å². The number of carbonyl (C=O) groups excluding carboxylic acids is 2. The number of amides is 2. The highest BCUT2D eigenvalue weighted by atomic mass is 32.2. The van der Waals surface area contributed by atoms with Crippen LogP contribution in [0.15, 0.2) is 65.6 Å². The molecule has 0 aliphatic carbocycles. The summed E-state index contributed by atoms with van der Waals surface area (Å²) in [4.78, 5) is 34.4. The number of hydrogen-bond acceptors (Lipinski definition) is 5. The fourth-order valence-corrected chi connectivity index (χ4v) is 3.60. The molecular weight excluding hydrogens is 428 g/mol. The third-order valence-corrected chi connectivity index (χ3v) is 5.27. The van der Waals surface area contributed by atoms with Gasteiger partial charge in [0.25, 0.3) is 5.69 Å². The van der Waals surface area contributed by atoms with Crippen LogP contribution in [0.25, 0.3) is 11.1 Å². The van der Waals surface area contributed by atoms with E-state index in [1.165, 1.54) is 12.1 Å². The standard InChI is InChI=1S/C21H15F2N3O4S/c22-14-9-15(12-4-2-1-3-5-12)20(16(23)10-14)25-19(27)11-31-18-7-6-13(21(24)28)8-17(18)26(29)30/h1-10H,11H2,(H2,24,28)(H,25,27). The SMILES string of the molecule is NC(=O)c1ccc(SCC(=O)Nc2c(F)cc(F)cc2-c2ccccc2)c([N+](=O)[O-])c1. The topological polar surface area (TPSA) is 115 Å². The number of halogens is 2. The predicted molar refractivity (Wildman–Crippen MR) is 113 cm³/mol. The summed E-state index contributed by atoms with van der Waals surface area (Å²) < 4.78 is 28.2. The minimum absolute atomic E-state index is 0.0404. The van der Waals surface area contributed by atoms with Crippen molar-refractivity contribution >= 4 is 35.0 Å². The maximum Gasteiger partial charge on any atom is 0.283 e. The van der Waals surface area contributed by atoms with Crippen molar-refractivity contribution in [3.8, 4) is 11.1 Å². The normalized spacial score (nSPS) is 10.5. The van der Waals surface area contributed by atoms with Gasteiger partial charge in [0, 0.05) is 23.3 Å². The van der Waals surface area contributed by atoms with E-state index in [0.717, 1.165) is 23.9 Å². The molecule has 0 aliphatic heterocycles. The molecule has 0 unspecified atom stereocenters. The smallest absolute Gasteiger partial charge is 0.283 e. The molecule has 10 heteroatoms. The first kappa shape index (κ1) is 21.9. The molecule has 158 valence electrons. The maximum atomic E-state index is 14.4. The Kier molecular flexibility index (Phi) is 6.61. The molecule has 31 heavy (non-hydrogen) atoms. The maximum absolute atomic E-state index is 14.4. The number of carbonyl (C=O) groups is 2. The van der Waals surface area contributed by atoms with Gasteiger partial charge in [-0.2, -0.15) is 0 Å². The molecule has 7 nitrogen and oxygen atoms in total. The lowest BCUT2D eigenvalue weighted by molar-refractivity contribution is -0.387. The molecular formula is C21H15F2N3O4S. The lowest BCUT2D eigenvalue weighted by Crippen LogP contribution is -2.16. The summed E-state index contributed by atoms with van der Waals surface area (Å²) in [5.41, 5.74) is 5.17. The van der Waals surface area contributed by atoms with E-state index in [4.69, 9.17) is 5.73 Å². The highest BCUT2D eigenvalue weighted by Gasteiger charge is 2.20. The van der Waals surface area contributed by atoms with Crippen LogP contribution in [0.4, 0.5) is 20.2 Å². The average Bonchev–Trinajstić information content (AvgIpc) is 2.74. The summed E-state index contributed by atoms with van der Waals surface area (Å²) in [6, 6.07) is 13.8. The Labute approximate surface area is 179 Å². The summed E-state index contributed by atoms with van der Waals surface area (Å²) in [5.74, 6) is -3.51. The lowest BCUT2D eigenvalue weighted by atomic mass is 10.0. The molecule has 0 radical (unpaired) electrons. The molecule has 3 aromatic carbocycles. The van der Waals surface area contributed by atoms with E-state index in [2.05, 4.69) is 5.32 Å². The zero-order valence-electron chi connectivity index (χ0n) is 15.8. The number of benzene rings is 3. The summed E-state index contributed by atoms with van der Waals surface area (Å²) in [6.45, 7) is 0. The van der Waals surface area contributed by atoms with E-state index in [1.54, 1.807) is 30.3 Å². The summed E-state index contributed by atoms with van der Waals surface area (Å²) in [7, 11) is 0. The molecule has 3 aromatic rings. The Balaban J connectivity index is 1.81. The fourth-order valence-electron chi connectivity index (χ4n) is 2.80. The Morgan fingerprint density at radius 3 is 2.42 bits per heavy atom. The number of hydrogen-bond donors (Lipinski definition) is 2. The quantitative estimate of drug-likeness (QED) is 0.320. The minimum Gasteiger partial charge on any atom is -0.366 e. The highest BCUT2D eigenvalue weighted by Crippen LogP contribution is 2.33. The van der Waals surface area contributed by atoms with Gasteiger partial charge in [-0.3, -0.25) is 19.7 Å². The second-order valence-corrected chi connectivity index (χ2v) is 7.33. The Hall–Kier alpha value is -3.79. The average molecular weight is 443 g/mol. The number of primary amides is 1. The Bertz CT molecular complexity index is 1170. The summed E-state index contributed by atoms with van der Waals surface area (Å²) >= 11 is 0.831. The highest BCUT2D eigenvalue weighted by molar-refractivity contribution is 8.00. The molecule has 0 saturated carbocycles. The fraction of sp³-hybridized carbons (Fsp3) is 0.0476. The first-order chi connectivity index (χ1) is 14.8. The summed E-state index contributed by atoms with van der Waals surface area (Å²) in [5, 5.41) is 13.7. The lowest BCUT2D eigenvalue weighted by Gasteiger charge is -2.13. The Morgan fingerprint density at radius 1 is 1.06 bits per heavy atom. The zero-order valence-corrected chi connectivity index (χ0v) is 16.6. The van der Waals surface area contributed by atoms with Crippen molar-refractivity contribution in [2.24, 2.45) is 5.73 Å². The predicted octanol–water partition coefficient (Wildman–Crippen LogP) is 4.37. The van der Waals surface area contributed by atoms with E-state index < -0.39 is 28.4 Å². The van der Waals surface area contributed by atoms with Gasteiger partial charge in [-0.1, -0.05) is 30.3 Å². The molecule has 0 atom stereocenters. The molecule has 3 rings (SSSR count). The first-order valence-electron chi connectivity index (χ1n) is 8.81. The van der Waals surface area contributed by atoms with Crippen molar-refractivity contribution in [2.75, 3.05) is 11.1 Å². The van der Waals surface area contributed by atoms with Crippen LogP contribution in [0.1, 0.15) is 10.4 Å². The van der Waals surface area contributed by atoms with Crippen LogP contribution in [0.5, 0.6) is 0 Å².